The number of rotatable bonds is 4. The standard InChI is InChI=1S/C18H28N2/c1-8-14(4)11-17-9-10-18(12-20(7)16(17)6)19-15(5)13(2)3/h8,11,18-19H,2,5-6,9-10,12H2,1,3-4,7H3/b14-8-,17-11-. The molecule has 110 valence electrons. The van der Waals surface area contributed by atoms with E-state index >= 15 is 0 Å². The van der Waals surface area contributed by atoms with Gasteiger partial charge in [0.1, 0.15) is 0 Å². The van der Waals surface area contributed by atoms with Gasteiger partial charge in [0, 0.05) is 31.0 Å². The van der Waals surface area contributed by atoms with Crippen LogP contribution < -0.4 is 5.32 Å². The Hall–Kier alpha value is -1.70. The van der Waals surface area contributed by atoms with Crippen molar-refractivity contribution >= 4 is 0 Å². The molecule has 0 aliphatic carbocycles. The summed E-state index contributed by atoms with van der Waals surface area (Å²) in [5, 5.41) is 3.48. The predicted molar refractivity (Wildman–Crippen MR) is 89.4 cm³/mol. The SMILES string of the molecule is C=C(C)C(=C)NC1CC/C(=C/C(C)=C\C)C(=C)N(C)C1. The molecule has 0 amide bonds. The van der Waals surface area contributed by atoms with Gasteiger partial charge in [0.15, 0.2) is 0 Å². The Balaban J connectivity index is 2.83. The molecule has 2 heteroatoms. The average molecular weight is 272 g/mol. The Kier molecular flexibility index (Phi) is 5.87. The van der Waals surface area contributed by atoms with Crippen LogP contribution in [0.5, 0.6) is 0 Å². The van der Waals surface area contributed by atoms with E-state index in [2.05, 4.69) is 63.0 Å². The first-order chi connectivity index (χ1) is 9.35. The Morgan fingerprint density at radius 1 is 1.35 bits per heavy atom. The topological polar surface area (TPSA) is 15.3 Å². The lowest BCUT2D eigenvalue weighted by atomic mass is 10.0. The van der Waals surface area contributed by atoms with Gasteiger partial charge in [-0.15, -0.1) is 0 Å². The van der Waals surface area contributed by atoms with Crippen LogP contribution in [0, 0.1) is 0 Å². The van der Waals surface area contributed by atoms with Crippen LogP contribution in [0.1, 0.15) is 33.6 Å². The molecular formula is C18H28N2. The summed E-state index contributed by atoms with van der Waals surface area (Å²) in [6, 6.07) is 0.387. The van der Waals surface area contributed by atoms with Crippen molar-refractivity contribution in [2.24, 2.45) is 0 Å². The molecule has 0 aromatic heterocycles. The fourth-order valence-electron chi connectivity index (χ4n) is 2.25. The summed E-state index contributed by atoms with van der Waals surface area (Å²) in [6.45, 7) is 19.3. The van der Waals surface area contributed by atoms with Crippen LogP contribution in [0.4, 0.5) is 0 Å². The minimum Gasteiger partial charge on any atom is -0.381 e. The summed E-state index contributed by atoms with van der Waals surface area (Å²) in [5.74, 6) is 0. The van der Waals surface area contributed by atoms with E-state index in [1.54, 1.807) is 0 Å². The van der Waals surface area contributed by atoms with Gasteiger partial charge in [-0.1, -0.05) is 37.5 Å². The summed E-state index contributed by atoms with van der Waals surface area (Å²) in [6.07, 6.45) is 6.49. The molecule has 0 aromatic rings. The van der Waals surface area contributed by atoms with E-state index < -0.39 is 0 Å². The minimum absolute atomic E-state index is 0.387. The molecule has 20 heavy (non-hydrogen) atoms. The molecule has 0 aromatic carbocycles. The van der Waals surface area contributed by atoms with E-state index in [0.717, 1.165) is 36.4 Å². The molecule has 1 N–H and O–H groups in total. The summed E-state index contributed by atoms with van der Waals surface area (Å²) < 4.78 is 0. The number of allylic oxidation sites excluding steroid dienone is 5. The van der Waals surface area contributed by atoms with E-state index in [1.165, 1.54) is 11.1 Å². The lowest BCUT2D eigenvalue weighted by molar-refractivity contribution is 0.373. The Labute approximate surface area is 124 Å². The molecule has 1 atom stereocenters. The molecule has 2 nitrogen and oxygen atoms in total. The van der Waals surface area contributed by atoms with Crippen molar-refractivity contribution in [1.29, 1.82) is 0 Å². The fraction of sp³-hybridized carbons (Fsp3) is 0.444. The molecule has 1 aliphatic rings. The number of nitrogens with one attached hydrogen (secondary N) is 1. The van der Waals surface area contributed by atoms with Gasteiger partial charge >= 0.3 is 0 Å². The summed E-state index contributed by atoms with van der Waals surface area (Å²) in [5.41, 5.74) is 5.67. The van der Waals surface area contributed by atoms with E-state index in [-0.39, 0.29) is 0 Å². The highest BCUT2D eigenvalue weighted by atomic mass is 15.1. The number of nitrogens with zero attached hydrogens (tertiary/aromatic N) is 1. The van der Waals surface area contributed by atoms with Crippen molar-refractivity contribution in [1.82, 2.24) is 10.2 Å². The van der Waals surface area contributed by atoms with Crippen molar-refractivity contribution in [3.8, 4) is 0 Å². The molecular weight excluding hydrogens is 244 g/mol. The molecule has 1 unspecified atom stereocenters. The van der Waals surface area contributed by atoms with Crippen molar-refractivity contribution in [2.45, 2.75) is 39.7 Å². The largest absolute Gasteiger partial charge is 0.381 e. The number of hydrogen-bond acceptors (Lipinski definition) is 2. The van der Waals surface area contributed by atoms with Gasteiger partial charge in [-0.25, -0.2) is 0 Å². The highest BCUT2D eigenvalue weighted by Gasteiger charge is 2.20. The van der Waals surface area contributed by atoms with Crippen LogP contribution in [0.15, 0.2) is 60.0 Å². The lowest BCUT2D eigenvalue weighted by Crippen LogP contribution is -2.36. The highest BCUT2D eigenvalue weighted by molar-refractivity contribution is 5.35. The first-order valence-electron chi connectivity index (χ1n) is 7.20. The Bertz CT molecular complexity index is 466. The molecule has 1 fully saturated rings. The van der Waals surface area contributed by atoms with Crippen LogP contribution in [0.3, 0.4) is 0 Å². The molecule has 1 rings (SSSR count). The quantitative estimate of drug-likeness (QED) is 0.773. The zero-order chi connectivity index (χ0) is 15.3. The molecule has 0 spiro atoms. The highest BCUT2D eigenvalue weighted by Crippen LogP contribution is 2.25. The summed E-state index contributed by atoms with van der Waals surface area (Å²) in [7, 11) is 2.10. The molecule has 0 bridgehead atoms. The molecule has 1 aliphatic heterocycles. The molecule has 1 heterocycles. The molecule has 0 radical (unpaired) electrons. The second kappa shape index (κ2) is 7.18. The predicted octanol–water partition coefficient (Wildman–Crippen LogP) is 4.17. The van der Waals surface area contributed by atoms with Gasteiger partial charge < -0.3 is 10.2 Å². The van der Waals surface area contributed by atoms with Gasteiger partial charge in [-0.2, -0.15) is 0 Å². The third-order valence-corrected chi connectivity index (χ3v) is 3.84. The fourth-order valence-corrected chi connectivity index (χ4v) is 2.25. The van der Waals surface area contributed by atoms with Crippen molar-refractivity contribution in [2.75, 3.05) is 13.6 Å². The molecule has 1 saturated heterocycles. The first kappa shape index (κ1) is 16.4. The number of hydrogen-bond donors (Lipinski definition) is 1. The van der Waals surface area contributed by atoms with Crippen LogP contribution >= 0.6 is 0 Å². The number of likely N-dealkylation sites (N-methyl/N-ethyl adjacent to an activating group) is 1. The van der Waals surface area contributed by atoms with Gasteiger partial charge in [-0.05, 0) is 44.8 Å². The monoisotopic (exact) mass is 272 g/mol. The maximum atomic E-state index is 4.24. The second-order valence-corrected chi connectivity index (χ2v) is 5.67. The molecule has 0 saturated carbocycles. The van der Waals surface area contributed by atoms with Crippen LogP contribution in [0.2, 0.25) is 0 Å². The zero-order valence-electron chi connectivity index (χ0n) is 13.4. The summed E-state index contributed by atoms with van der Waals surface area (Å²) in [4.78, 5) is 2.23. The zero-order valence-corrected chi connectivity index (χ0v) is 13.4. The maximum absolute atomic E-state index is 4.24. The lowest BCUT2D eigenvalue weighted by Gasteiger charge is -2.25. The van der Waals surface area contributed by atoms with Crippen LogP contribution in [0.25, 0.3) is 0 Å². The first-order valence-corrected chi connectivity index (χ1v) is 7.20. The Morgan fingerprint density at radius 2 is 2.00 bits per heavy atom. The second-order valence-electron chi connectivity index (χ2n) is 5.67. The average Bonchev–Trinajstić information content (AvgIpc) is 2.52. The van der Waals surface area contributed by atoms with Crippen LogP contribution in [-0.2, 0) is 0 Å². The minimum atomic E-state index is 0.387. The van der Waals surface area contributed by atoms with Crippen molar-refractivity contribution in [3.63, 3.8) is 0 Å². The van der Waals surface area contributed by atoms with Crippen molar-refractivity contribution < 1.29 is 0 Å². The summed E-state index contributed by atoms with van der Waals surface area (Å²) >= 11 is 0. The van der Waals surface area contributed by atoms with Gasteiger partial charge in [0.2, 0.25) is 0 Å². The van der Waals surface area contributed by atoms with E-state index in [1.807, 2.05) is 6.92 Å². The number of likely N-dealkylation sites (tertiary alicyclic amines) is 1. The van der Waals surface area contributed by atoms with E-state index in [4.69, 9.17) is 0 Å². The normalized spacial score (nSPS) is 22.7. The van der Waals surface area contributed by atoms with Crippen LogP contribution in [-0.4, -0.2) is 24.5 Å². The van der Waals surface area contributed by atoms with Gasteiger partial charge in [0.25, 0.3) is 0 Å². The van der Waals surface area contributed by atoms with E-state index in [9.17, 15) is 0 Å². The van der Waals surface area contributed by atoms with Gasteiger partial charge in [0.05, 0.1) is 0 Å². The Morgan fingerprint density at radius 3 is 2.55 bits per heavy atom. The van der Waals surface area contributed by atoms with E-state index in [0.29, 0.717) is 6.04 Å². The smallest absolute Gasteiger partial charge is 0.0439 e. The van der Waals surface area contributed by atoms with Crippen molar-refractivity contribution in [3.05, 3.63) is 60.0 Å². The third kappa shape index (κ3) is 4.44. The third-order valence-electron chi connectivity index (χ3n) is 3.84. The maximum Gasteiger partial charge on any atom is 0.0439 e. The van der Waals surface area contributed by atoms with Gasteiger partial charge in [-0.3, -0.25) is 0 Å².